The molecule has 1 aromatic rings. The Morgan fingerprint density at radius 2 is 1.95 bits per heavy atom. The summed E-state index contributed by atoms with van der Waals surface area (Å²) < 4.78 is 4.57. The zero-order valence-electron chi connectivity index (χ0n) is 13.0. The standard InChI is InChI=1S/C17H25NO3/c1-14-7-6-8-15(13-14)10-11-16(19)18-12-5-3-4-9-17(20)21-2/h6-8,13H,3-5,9-12H2,1-2H3,(H,18,19). The van der Waals surface area contributed by atoms with Gasteiger partial charge in [0.15, 0.2) is 0 Å². The molecule has 1 rings (SSSR count). The van der Waals surface area contributed by atoms with E-state index in [2.05, 4.69) is 29.1 Å². The van der Waals surface area contributed by atoms with Crippen molar-refractivity contribution < 1.29 is 14.3 Å². The Balaban J connectivity index is 2.05. The zero-order valence-corrected chi connectivity index (χ0v) is 13.0. The van der Waals surface area contributed by atoms with Gasteiger partial charge in [0.2, 0.25) is 5.91 Å². The van der Waals surface area contributed by atoms with E-state index >= 15 is 0 Å². The van der Waals surface area contributed by atoms with Gasteiger partial charge >= 0.3 is 5.97 Å². The monoisotopic (exact) mass is 291 g/mol. The summed E-state index contributed by atoms with van der Waals surface area (Å²) in [5, 5.41) is 2.91. The first-order valence-corrected chi connectivity index (χ1v) is 7.51. The zero-order chi connectivity index (χ0) is 15.5. The van der Waals surface area contributed by atoms with Crippen LogP contribution in [0.15, 0.2) is 24.3 Å². The van der Waals surface area contributed by atoms with Crippen molar-refractivity contribution in [1.29, 1.82) is 0 Å². The second-order valence-corrected chi connectivity index (χ2v) is 5.23. The number of unbranched alkanes of at least 4 members (excludes halogenated alkanes) is 2. The van der Waals surface area contributed by atoms with E-state index in [1.165, 1.54) is 18.2 Å². The van der Waals surface area contributed by atoms with E-state index in [-0.39, 0.29) is 11.9 Å². The third-order valence-electron chi connectivity index (χ3n) is 3.33. The minimum atomic E-state index is -0.169. The molecule has 0 saturated carbocycles. The second kappa shape index (κ2) is 9.97. The van der Waals surface area contributed by atoms with Crippen LogP contribution in [0.4, 0.5) is 0 Å². The highest BCUT2D eigenvalue weighted by atomic mass is 16.5. The van der Waals surface area contributed by atoms with Crippen molar-refractivity contribution in [1.82, 2.24) is 5.32 Å². The lowest BCUT2D eigenvalue weighted by Gasteiger charge is -2.06. The number of nitrogens with one attached hydrogen (secondary N) is 1. The summed E-state index contributed by atoms with van der Waals surface area (Å²) in [5.41, 5.74) is 2.42. The van der Waals surface area contributed by atoms with Gasteiger partial charge in [-0.2, -0.15) is 0 Å². The van der Waals surface area contributed by atoms with E-state index in [1.807, 2.05) is 12.1 Å². The molecule has 4 heteroatoms. The number of benzene rings is 1. The third kappa shape index (κ3) is 8.12. The highest BCUT2D eigenvalue weighted by Crippen LogP contribution is 2.06. The normalized spacial score (nSPS) is 10.2. The van der Waals surface area contributed by atoms with E-state index in [1.54, 1.807) is 0 Å². The fourth-order valence-corrected chi connectivity index (χ4v) is 2.11. The maximum absolute atomic E-state index is 11.7. The van der Waals surface area contributed by atoms with Gasteiger partial charge in [-0.05, 0) is 31.7 Å². The first-order chi connectivity index (χ1) is 10.1. The molecule has 1 amide bonds. The van der Waals surface area contributed by atoms with Crippen molar-refractivity contribution in [2.75, 3.05) is 13.7 Å². The summed E-state index contributed by atoms with van der Waals surface area (Å²) in [7, 11) is 1.40. The SMILES string of the molecule is COC(=O)CCCCCNC(=O)CCc1cccc(C)c1. The molecule has 21 heavy (non-hydrogen) atoms. The summed E-state index contributed by atoms with van der Waals surface area (Å²) in [6.07, 6.45) is 4.38. The lowest BCUT2D eigenvalue weighted by atomic mass is 10.1. The van der Waals surface area contributed by atoms with Crippen LogP contribution in [0.1, 0.15) is 43.2 Å². The number of methoxy groups -OCH3 is 1. The summed E-state index contributed by atoms with van der Waals surface area (Å²) >= 11 is 0. The van der Waals surface area contributed by atoms with E-state index in [9.17, 15) is 9.59 Å². The maximum atomic E-state index is 11.7. The van der Waals surface area contributed by atoms with Crippen LogP contribution in [0.2, 0.25) is 0 Å². The number of ether oxygens (including phenoxy) is 1. The van der Waals surface area contributed by atoms with Gasteiger partial charge in [0, 0.05) is 19.4 Å². The first-order valence-electron chi connectivity index (χ1n) is 7.51. The lowest BCUT2D eigenvalue weighted by molar-refractivity contribution is -0.140. The molecule has 0 aromatic heterocycles. The molecule has 1 N–H and O–H groups in total. The summed E-state index contributed by atoms with van der Waals surface area (Å²) in [6, 6.07) is 8.23. The Morgan fingerprint density at radius 1 is 1.14 bits per heavy atom. The molecule has 4 nitrogen and oxygen atoms in total. The minimum Gasteiger partial charge on any atom is -0.469 e. The summed E-state index contributed by atoms with van der Waals surface area (Å²) in [6.45, 7) is 2.73. The molecule has 0 unspecified atom stereocenters. The number of esters is 1. The molecule has 1 aromatic carbocycles. The Hall–Kier alpha value is -1.84. The van der Waals surface area contributed by atoms with Crippen LogP contribution in [0.25, 0.3) is 0 Å². The molecule has 0 atom stereocenters. The number of hydrogen-bond acceptors (Lipinski definition) is 3. The smallest absolute Gasteiger partial charge is 0.305 e. The Labute approximate surface area is 126 Å². The number of rotatable bonds is 9. The molecule has 0 heterocycles. The second-order valence-electron chi connectivity index (χ2n) is 5.23. The van der Waals surface area contributed by atoms with E-state index in [4.69, 9.17) is 0 Å². The van der Waals surface area contributed by atoms with E-state index in [0.29, 0.717) is 19.4 Å². The molecule has 116 valence electrons. The van der Waals surface area contributed by atoms with E-state index < -0.39 is 0 Å². The van der Waals surface area contributed by atoms with Crippen LogP contribution in [-0.4, -0.2) is 25.5 Å². The van der Waals surface area contributed by atoms with Gasteiger partial charge in [-0.3, -0.25) is 9.59 Å². The Bertz CT molecular complexity index is 457. The predicted molar refractivity (Wildman–Crippen MR) is 83.0 cm³/mol. The number of carbonyl (C=O) groups is 2. The number of carbonyl (C=O) groups excluding carboxylic acids is 2. The fourth-order valence-electron chi connectivity index (χ4n) is 2.11. The lowest BCUT2D eigenvalue weighted by Crippen LogP contribution is -2.24. The third-order valence-corrected chi connectivity index (χ3v) is 3.33. The van der Waals surface area contributed by atoms with Crippen LogP contribution < -0.4 is 5.32 Å². The van der Waals surface area contributed by atoms with Crippen molar-refractivity contribution in [3.05, 3.63) is 35.4 Å². The highest BCUT2D eigenvalue weighted by Gasteiger charge is 2.03. The molecule has 0 aliphatic heterocycles. The molecule has 0 bridgehead atoms. The van der Waals surface area contributed by atoms with Gasteiger partial charge in [-0.1, -0.05) is 36.2 Å². The molecule has 0 saturated heterocycles. The average molecular weight is 291 g/mol. The largest absolute Gasteiger partial charge is 0.469 e. The number of hydrogen-bond donors (Lipinski definition) is 1. The van der Waals surface area contributed by atoms with Crippen LogP contribution in [0, 0.1) is 6.92 Å². The van der Waals surface area contributed by atoms with Crippen molar-refractivity contribution in [2.45, 2.75) is 45.4 Å². The number of aryl methyl sites for hydroxylation is 2. The first kappa shape index (κ1) is 17.2. The van der Waals surface area contributed by atoms with Crippen LogP contribution in [-0.2, 0) is 20.7 Å². The topological polar surface area (TPSA) is 55.4 Å². The molecule has 0 aliphatic rings. The van der Waals surface area contributed by atoms with Crippen molar-refractivity contribution in [3.63, 3.8) is 0 Å². The van der Waals surface area contributed by atoms with Gasteiger partial charge in [0.25, 0.3) is 0 Å². The predicted octanol–water partition coefficient (Wildman–Crippen LogP) is 2.78. The molecule has 0 aliphatic carbocycles. The molecular formula is C17H25NO3. The minimum absolute atomic E-state index is 0.0875. The fraction of sp³-hybridized carbons (Fsp3) is 0.529. The summed E-state index contributed by atoms with van der Waals surface area (Å²) in [5.74, 6) is -0.0818. The van der Waals surface area contributed by atoms with Gasteiger partial charge in [-0.25, -0.2) is 0 Å². The Kier molecular flexibility index (Phi) is 8.17. The molecule has 0 spiro atoms. The number of amides is 1. The molecule has 0 radical (unpaired) electrons. The van der Waals surface area contributed by atoms with Crippen molar-refractivity contribution in [2.24, 2.45) is 0 Å². The van der Waals surface area contributed by atoms with Crippen LogP contribution >= 0.6 is 0 Å². The Morgan fingerprint density at radius 3 is 2.67 bits per heavy atom. The van der Waals surface area contributed by atoms with E-state index in [0.717, 1.165) is 25.7 Å². The van der Waals surface area contributed by atoms with Gasteiger partial charge < -0.3 is 10.1 Å². The van der Waals surface area contributed by atoms with Gasteiger partial charge in [-0.15, -0.1) is 0 Å². The molecule has 0 fully saturated rings. The van der Waals surface area contributed by atoms with Crippen molar-refractivity contribution >= 4 is 11.9 Å². The quantitative estimate of drug-likeness (QED) is 0.562. The van der Waals surface area contributed by atoms with Gasteiger partial charge in [0.1, 0.15) is 0 Å². The molecular weight excluding hydrogens is 266 g/mol. The van der Waals surface area contributed by atoms with Gasteiger partial charge in [0.05, 0.1) is 7.11 Å². The van der Waals surface area contributed by atoms with Crippen LogP contribution in [0.3, 0.4) is 0 Å². The maximum Gasteiger partial charge on any atom is 0.305 e. The average Bonchev–Trinajstić information content (AvgIpc) is 2.48. The van der Waals surface area contributed by atoms with Crippen LogP contribution in [0.5, 0.6) is 0 Å². The highest BCUT2D eigenvalue weighted by molar-refractivity contribution is 5.76. The summed E-state index contributed by atoms with van der Waals surface area (Å²) in [4.78, 5) is 22.6. The van der Waals surface area contributed by atoms with Crippen molar-refractivity contribution in [3.8, 4) is 0 Å².